The lowest BCUT2D eigenvalue weighted by Crippen LogP contribution is -2.39. The Balaban J connectivity index is 1.73. The van der Waals surface area contributed by atoms with Crippen LogP contribution in [0.3, 0.4) is 0 Å². The van der Waals surface area contributed by atoms with Crippen LogP contribution >= 0.6 is 0 Å². The van der Waals surface area contributed by atoms with Gasteiger partial charge in [0.15, 0.2) is 0 Å². The number of carbonyl (C=O) groups is 1. The minimum absolute atomic E-state index is 0.104. The molecule has 2 aromatic rings. The molecule has 2 aromatic carbocycles. The average molecular weight is 281 g/mol. The number of rotatable bonds is 2. The lowest BCUT2D eigenvalue weighted by atomic mass is 9.88. The van der Waals surface area contributed by atoms with Gasteiger partial charge in [0.1, 0.15) is 5.75 Å². The molecule has 0 saturated heterocycles. The van der Waals surface area contributed by atoms with E-state index < -0.39 is 0 Å². The van der Waals surface area contributed by atoms with Crippen molar-refractivity contribution in [1.29, 1.82) is 0 Å². The number of aryl methyl sites for hydroxylation is 1. The van der Waals surface area contributed by atoms with Crippen LogP contribution in [0.1, 0.15) is 33.5 Å². The molecule has 1 amide bonds. The maximum absolute atomic E-state index is 12.4. The zero-order valence-electron chi connectivity index (χ0n) is 12.1. The maximum atomic E-state index is 12.4. The van der Waals surface area contributed by atoms with Gasteiger partial charge in [-0.2, -0.15) is 0 Å². The number of amides is 1. The van der Waals surface area contributed by atoms with E-state index in [2.05, 4.69) is 23.5 Å². The molecular weight excluding hydrogens is 262 g/mol. The first-order chi connectivity index (χ1) is 10.1. The molecule has 1 unspecified atom stereocenters. The minimum atomic E-state index is -0.104. The molecule has 0 aliphatic heterocycles. The third-order valence-electron chi connectivity index (χ3n) is 4.23. The van der Waals surface area contributed by atoms with Crippen molar-refractivity contribution in [2.45, 2.75) is 32.2 Å². The van der Waals surface area contributed by atoms with Crippen LogP contribution in [0, 0.1) is 6.92 Å². The molecule has 3 heteroatoms. The van der Waals surface area contributed by atoms with Crippen LogP contribution in [0.5, 0.6) is 5.75 Å². The lowest BCUT2D eigenvalue weighted by Gasteiger charge is -2.25. The van der Waals surface area contributed by atoms with Gasteiger partial charge in [0.05, 0.1) is 0 Å². The van der Waals surface area contributed by atoms with Gasteiger partial charge in [-0.15, -0.1) is 0 Å². The molecule has 2 N–H and O–H groups in total. The summed E-state index contributed by atoms with van der Waals surface area (Å²) in [6.07, 6.45) is 2.83. The van der Waals surface area contributed by atoms with E-state index in [9.17, 15) is 9.90 Å². The highest BCUT2D eigenvalue weighted by Gasteiger charge is 2.21. The fraction of sp³-hybridized carbons (Fsp3) is 0.278. The second-order valence-corrected chi connectivity index (χ2v) is 5.63. The molecule has 0 radical (unpaired) electrons. The maximum Gasteiger partial charge on any atom is 0.251 e. The number of hydrogen-bond donors (Lipinski definition) is 2. The first kappa shape index (κ1) is 13.7. The fourth-order valence-corrected chi connectivity index (χ4v) is 2.95. The summed E-state index contributed by atoms with van der Waals surface area (Å²) in [6.45, 7) is 1.76. The monoisotopic (exact) mass is 281 g/mol. The molecule has 0 spiro atoms. The Morgan fingerprint density at radius 1 is 1.14 bits per heavy atom. The van der Waals surface area contributed by atoms with Crippen LogP contribution in [-0.2, 0) is 12.8 Å². The summed E-state index contributed by atoms with van der Waals surface area (Å²) in [7, 11) is 0. The van der Waals surface area contributed by atoms with Gasteiger partial charge >= 0.3 is 0 Å². The molecule has 0 saturated carbocycles. The van der Waals surface area contributed by atoms with Crippen molar-refractivity contribution >= 4 is 5.91 Å². The van der Waals surface area contributed by atoms with Gasteiger partial charge in [-0.3, -0.25) is 4.79 Å². The Labute approximate surface area is 124 Å². The van der Waals surface area contributed by atoms with Crippen molar-refractivity contribution in [3.05, 3.63) is 64.7 Å². The number of nitrogens with one attached hydrogen (secondary N) is 1. The highest BCUT2D eigenvalue weighted by Crippen LogP contribution is 2.23. The highest BCUT2D eigenvalue weighted by atomic mass is 16.3. The predicted molar refractivity (Wildman–Crippen MR) is 82.6 cm³/mol. The Kier molecular flexibility index (Phi) is 3.65. The summed E-state index contributed by atoms with van der Waals surface area (Å²) in [4.78, 5) is 12.4. The molecular formula is C18H19NO2. The van der Waals surface area contributed by atoms with Gasteiger partial charge < -0.3 is 10.4 Å². The molecule has 0 heterocycles. The molecule has 1 aliphatic carbocycles. The number of phenolic OH excluding ortho intramolecular Hbond substituents is 1. The number of hydrogen-bond acceptors (Lipinski definition) is 2. The molecule has 1 atom stereocenters. The lowest BCUT2D eigenvalue weighted by molar-refractivity contribution is 0.0932. The quantitative estimate of drug-likeness (QED) is 0.889. The van der Waals surface area contributed by atoms with E-state index in [-0.39, 0.29) is 17.7 Å². The second-order valence-electron chi connectivity index (χ2n) is 5.63. The van der Waals surface area contributed by atoms with Gasteiger partial charge in [0.25, 0.3) is 5.91 Å². The minimum Gasteiger partial charge on any atom is -0.508 e. The molecule has 3 nitrogen and oxygen atoms in total. The van der Waals surface area contributed by atoms with E-state index in [1.165, 1.54) is 11.1 Å². The molecule has 3 rings (SSSR count). The van der Waals surface area contributed by atoms with Gasteiger partial charge in [0, 0.05) is 17.2 Å². The summed E-state index contributed by atoms with van der Waals surface area (Å²) in [5, 5.41) is 12.8. The Morgan fingerprint density at radius 2 is 1.90 bits per heavy atom. The van der Waals surface area contributed by atoms with E-state index in [0.717, 1.165) is 19.3 Å². The van der Waals surface area contributed by atoms with Gasteiger partial charge in [-0.1, -0.05) is 30.3 Å². The molecule has 0 fully saturated rings. The Hall–Kier alpha value is -2.29. The van der Waals surface area contributed by atoms with Crippen LogP contribution < -0.4 is 5.32 Å². The Morgan fingerprint density at radius 3 is 2.71 bits per heavy atom. The van der Waals surface area contributed by atoms with Crippen LogP contribution in [0.2, 0.25) is 0 Å². The molecule has 1 aliphatic rings. The third-order valence-corrected chi connectivity index (χ3v) is 4.23. The van der Waals surface area contributed by atoms with Gasteiger partial charge in [0.2, 0.25) is 0 Å². The molecule has 0 aromatic heterocycles. The van der Waals surface area contributed by atoms with Crippen LogP contribution in [-0.4, -0.2) is 17.1 Å². The van der Waals surface area contributed by atoms with E-state index in [4.69, 9.17) is 0 Å². The van der Waals surface area contributed by atoms with E-state index >= 15 is 0 Å². The topological polar surface area (TPSA) is 49.3 Å². The summed E-state index contributed by atoms with van der Waals surface area (Å²) in [5.74, 6) is 0.0596. The van der Waals surface area contributed by atoms with Gasteiger partial charge in [-0.05, 0) is 49.4 Å². The average Bonchev–Trinajstić information content (AvgIpc) is 2.50. The number of carbonyl (C=O) groups excluding carboxylic acids is 1. The summed E-state index contributed by atoms with van der Waals surface area (Å²) in [5.41, 5.74) is 3.89. The van der Waals surface area contributed by atoms with Crippen LogP contribution in [0.25, 0.3) is 0 Å². The first-order valence-corrected chi connectivity index (χ1v) is 7.31. The van der Waals surface area contributed by atoms with Crippen molar-refractivity contribution in [2.75, 3.05) is 0 Å². The largest absolute Gasteiger partial charge is 0.508 e. The standard InChI is InChI=1S/C18H19NO2/c1-12-16(7-4-8-17(12)20)18(21)19-15-10-9-13-5-2-3-6-14(13)11-15/h2-8,15,20H,9-11H2,1H3,(H,19,21). The Bertz CT molecular complexity index is 679. The van der Waals surface area contributed by atoms with E-state index in [1.807, 2.05) is 6.07 Å². The van der Waals surface area contributed by atoms with E-state index in [0.29, 0.717) is 11.1 Å². The summed E-state index contributed by atoms with van der Waals surface area (Å²) >= 11 is 0. The zero-order valence-corrected chi connectivity index (χ0v) is 12.1. The smallest absolute Gasteiger partial charge is 0.251 e. The van der Waals surface area contributed by atoms with Crippen molar-refractivity contribution in [3.63, 3.8) is 0 Å². The molecule has 21 heavy (non-hydrogen) atoms. The third kappa shape index (κ3) is 2.77. The van der Waals surface area contributed by atoms with Crippen LogP contribution in [0.4, 0.5) is 0 Å². The first-order valence-electron chi connectivity index (χ1n) is 7.31. The summed E-state index contributed by atoms with van der Waals surface area (Å²) in [6, 6.07) is 13.6. The number of fused-ring (bicyclic) bond motifs is 1. The highest BCUT2D eigenvalue weighted by molar-refractivity contribution is 5.96. The second kappa shape index (κ2) is 5.60. The summed E-state index contributed by atoms with van der Waals surface area (Å²) < 4.78 is 0. The fourth-order valence-electron chi connectivity index (χ4n) is 2.95. The van der Waals surface area contributed by atoms with Crippen molar-refractivity contribution in [2.24, 2.45) is 0 Å². The number of phenols is 1. The molecule has 0 bridgehead atoms. The van der Waals surface area contributed by atoms with Crippen molar-refractivity contribution < 1.29 is 9.90 Å². The number of aromatic hydroxyl groups is 1. The zero-order chi connectivity index (χ0) is 14.8. The van der Waals surface area contributed by atoms with Crippen molar-refractivity contribution in [1.82, 2.24) is 5.32 Å². The molecule has 108 valence electrons. The number of benzene rings is 2. The van der Waals surface area contributed by atoms with Gasteiger partial charge in [-0.25, -0.2) is 0 Å². The normalized spacial score (nSPS) is 17.1. The van der Waals surface area contributed by atoms with Crippen molar-refractivity contribution in [3.8, 4) is 5.75 Å². The SMILES string of the molecule is Cc1c(O)cccc1C(=O)NC1CCc2ccccc2C1. The predicted octanol–water partition coefficient (Wildman–Crippen LogP) is 2.99. The van der Waals surface area contributed by atoms with Crippen LogP contribution in [0.15, 0.2) is 42.5 Å². The van der Waals surface area contributed by atoms with E-state index in [1.54, 1.807) is 25.1 Å².